The van der Waals surface area contributed by atoms with Crippen molar-refractivity contribution in [3.63, 3.8) is 0 Å². The van der Waals surface area contributed by atoms with Gasteiger partial charge in [0.15, 0.2) is 0 Å². The molecule has 10 heteroatoms. The summed E-state index contributed by atoms with van der Waals surface area (Å²) in [5, 5.41) is 13.4. The minimum Gasteiger partial charge on any atom is -0.494 e. The van der Waals surface area contributed by atoms with E-state index in [2.05, 4.69) is 5.32 Å². The smallest absolute Gasteiger partial charge is 0.337 e. The topological polar surface area (TPSA) is 113 Å². The summed E-state index contributed by atoms with van der Waals surface area (Å²) in [5.41, 5.74) is 0.559. The van der Waals surface area contributed by atoms with Gasteiger partial charge in [-0.25, -0.2) is 13.2 Å². The van der Waals surface area contributed by atoms with E-state index in [1.807, 2.05) is 30.3 Å². The van der Waals surface area contributed by atoms with Gasteiger partial charge in [-0.3, -0.25) is 9.10 Å². The number of aryl methyl sites for hydroxylation is 1. The molecule has 1 aromatic heterocycles. The molecule has 0 aliphatic rings. The average Bonchev–Trinajstić information content (AvgIpc) is 3.32. The van der Waals surface area contributed by atoms with Crippen LogP contribution in [-0.4, -0.2) is 45.6 Å². The molecule has 1 heterocycles. The first kappa shape index (κ1) is 26.2. The van der Waals surface area contributed by atoms with Gasteiger partial charge in [0.05, 0.1) is 27.6 Å². The number of thiophene rings is 1. The molecular weight excluding hydrogens is 512 g/mol. The number of nitrogens with one attached hydrogen (secondary N) is 1. The van der Waals surface area contributed by atoms with Crippen molar-refractivity contribution in [1.82, 2.24) is 5.32 Å². The maximum atomic E-state index is 13.2. The Morgan fingerprint density at radius 3 is 2.46 bits per heavy atom. The summed E-state index contributed by atoms with van der Waals surface area (Å²) in [6.07, 6.45) is 0.574. The zero-order valence-electron chi connectivity index (χ0n) is 20.3. The Labute approximate surface area is 219 Å². The number of carboxylic acid groups (broad SMARTS) is 1. The number of carboxylic acids is 1. The van der Waals surface area contributed by atoms with Gasteiger partial charge in [-0.2, -0.15) is 0 Å². The molecule has 0 aliphatic heterocycles. The maximum absolute atomic E-state index is 13.2. The Morgan fingerprint density at radius 1 is 1.03 bits per heavy atom. The van der Waals surface area contributed by atoms with Gasteiger partial charge in [-0.15, -0.1) is 11.3 Å². The fourth-order valence-electron chi connectivity index (χ4n) is 3.88. The highest BCUT2D eigenvalue weighted by Crippen LogP contribution is 2.30. The molecule has 1 amide bonds. The van der Waals surface area contributed by atoms with Crippen LogP contribution in [0.15, 0.2) is 77.7 Å². The Bertz CT molecular complexity index is 1510. The Kier molecular flexibility index (Phi) is 7.80. The Morgan fingerprint density at radius 2 is 1.76 bits per heavy atom. The highest BCUT2D eigenvalue weighted by Gasteiger charge is 2.26. The van der Waals surface area contributed by atoms with Crippen LogP contribution >= 0.6 is 11.3 Å². The molecule has 37 heavy (non-hydrogen) atoms. The molecule has 0 bridgehead atoms. The van der Waals surface area contributed by atoms with Crippen molar-refractivity contribution in [2.45, 2.75) is 18.2 Å². The zero-order chi connectivity index (χ0) is 26.6. The third kappa shape index (κ3) is 5.76. The van der Waals surface area contributed by atoms with Gasteiger partial charge in [0, 0.05) is 18.3 Å². The molecule has 0 spiro atoms. The van der Waals surface area contributed by atoms with E-state index in [1.54, 1.807) is 31.2 Å². The van der Waals surface area contributed by atoms with E-state index in [0.29, 0.717) is 35.8 Å². The fraction of sp³-hybridized carbons (Fsp3) is 0.185. The van der Waals surface area contributed by atoms with Crippen LogP contribution in [0.4, 0.5) is 5.69 Å². The summed E-state index contributed by atoms with van der Waals surface area (Å²) >= 11 is 1.45. The lowest BCUT2D eigenvalue weighted by atomic mass is 10.1. The standard InChI is InChI=1S/C27H26N2O6S2/c1-18-7-5-9-22(27(31)32)25(18)29(2)37(33,34)21-13-11-20(12-14-21)35-16-6-15-28-26(30)24-17-19-8-3-4-10-23(19)36-24/h3-5,7-14,17H,6,15-16H2,1-2H3,(H,28,30)(H,31,32). The summed E-state index contributed by atoms with van der Waals surface area (Å²) in [4.78, 5) is 24.7. The van der Waals surface area contributed by atoms with Crippen LogP contribution in [-0.2, 0) is 10.0 Å². The molecule has 2 N–H and O–H groups in total. The van der Waals surface area contributed by atoms with Crippen LogP contribution in [0.1, 0.15) is 32.0 Å². The number of para-hydroxylation sites is 1. The minimum absolute atomic E-state index is 0.0116. The third-order valence-corrected chi connectivity index (χ3v) is 8.68. The highest BCUT2D eigenvalue weighted by molar-refractivity contribution is 7.92. The average molecular weight is 539 g/mol. The van der Waals surface area contributed by atoms with E-state index >= 15 is 0 Å². The summed E-state index contributed by atoms with van der Waals surface area (Å²) in [6.45, 7) is 2.44. The number of hydrogen-bond donors (Lipinski definition) is 2. The van der Waals surface area contributed by atoms with E-state index in [0.717, 1.165) is 14.4 Å². The zero-order valence-corrected chi connectivity index (χ0v) is 21.9. The van der Waals surface area contributed by atoms with Gasteiger partial charge in [0.1, 0.15) is 5.75 Å². The van der Waals surface area contributed by atoms with Gasteiger partial charge in [0.2, 0.25) is 0 Å². The Balaban J connectivity index is 1.31. The summed E-state index contributed by atoms with van der Waals surface area (Å²) < 4.78 is 34.1. The van der Waals surface area contributed by atoms with Crippen LogP contribution in [0.3, 0.4) is 0 Å². The molecule has 0 radical (unpaired) electrons. The number of anilines is 1. The number of hydrogen-bond acceptors (Lipinski definition) is 6. The molecule has 0 fully saturated rings. The number of amides is 1. The van der Waals surface area contributed by atoms with Crippen molar-refractivity contribution in [3.05, 3.63) is 88.8 Å². The molecule has 4 rings (SSSR count). The molecule has 192 valence electrons. The van der Waals surface area contributed by atoms with Crippen LogP contribution in [0, 0.1) is 6.92 Å². The lowest BCUT2D eigenvalue weighted by Crippen LogP contribution is -2.29. The quantitative estimate of drug-likeness (QED) is 0.277. The lowest BCUT2D eigenvalue weighted by Gasteiger charge is -2.23. The number of nitrogens with zero attached hydrogens (tertiary/aromatic N) is 1. The maximum Gasteiger partial charge on any atom is 0.337 e. The van der Waals surface area contributed by atoms with E-state index in [-0.39, 0.29) is 22.1 Å². The van der Waals surface area contributed by atoms with Crippen LogP contribution in [0.5, 0.6) is 5.75 Å². The Hall–Kier alpha value is -3.89. The molecule has 8 nitrogen and oxygen atoms in total. The number of benzene rings is 3. The molecule has 0 saturated heterocycles. The lowest BCUT2D eigenvalue weighted by molar-refractivity contribution is 0.0697. The van der Waals surface area contributed by atoms with E-state index < -0.39 is 16.0 Å². The summed E-state index contributed by atoms with van der Waals surface area (Å²) in [6, 6.07) is 20.3. The number of fused-ring (bicyclic) bond motifs is 1. The molecule has 0 unspecified atom stereocenters. The number of carbonyl (C=O) groups is 2. The summed E-state index contributed by atoms with van der Waals surface area (Å²) in [5.74, 6) is -0.844. The van der Waals surface area contributed by atoms with Crippen molar-refractivity contribution < 1.29 is 27.9 Å². The first-order chi connectivity index (χ1) is 17.7. The number of sulfonamides is 1. The largest absolute Gasteiger partial charge is 0.494 e. The minimum atomic E-state index is -3.99. The second kappa shape index (κ2) is 11.0. The number of carbonyl (C=O) groups excluding carboxylic acids is 1. The van der Waals surface area contributed by atoms with Crippen molar-refractivity contribution in [1.29, 1.82) is 0 Å². The van der Waals surface area contributed by atoms with E-state index in [1.165, 1.54) is 36.6 Å². The predicted molar refractivity (Wildman–Crippen MR) is 144 cm³/mol. The van der Waals surface area contributed by atoms with Gasteiger partial charge in [-0.1, -0.05) is 30.3 Å². The number of rotatable bonds is 10. The molecule has 0 saturated carbocycles. The van der Waals surface area contributed by atoms with E-state index in [4.69, 9.17) is 4.74 Å². The molecule has 0 atom stereocenters. The molecule has 3 aromatic carbocycles. The first-order valence-corrected chi connectivity index (χ1v) is 13.8. The second-order valence-corrected chi connectivity index (χ2v) is 11.4. The van der Waals surface area contributed by atoms with E-state index in [9.17, 15) is 23.1 Å². The van der Waals surface area contributed by atoms with Gasteiger partial charge in [-0.05, 0) is 66.8 Å². The normalized spacial score (nSPS) is 11.3. The van der Waals surface area contributed by atoms with Gasteiger partial charge in [0.25, 0.3) is 15.9 Å². The van der Waals surface area contributed by atoms with Crippen molar-refractivity contribution >= 4 is 49.0 Å². The molecule has 0 aliphatic carbocycles. The van der Waals surface area contributed by atoms with Gasteiger partial charge < -0.3 is 15.2 Å². The van der Waals surface area contributed by atoms with Crippen LogP contribution in [0.2, 0.25) is 0 Å². The predicted octanol–water partition coefficient (Wildman–Crippen LogP) is 4.93. The van der Waals surface area contributed by atoms with Gasteiger partial charge >= 0.3 is 5.97 Å². The molecular formula is C27H26N2O6S2. The van der Waals surface area contributed by atoms with Crippen molar-refractivity contribution in [3.8, 4) is 5.75 Å². The van der Waals surface area contributed by atoms with Crippen molar-refractivity contribution in [2.75, 3.05) is 24.5 Å². The fourth-order valence-corrected chi connectivity index (χ4v) is 6.14. The van der Waals surface area contributed by atoms with Crippen molar-refractivity contribution in [2.24, 2.45) is 0 Å². The van der Waals surface area contributed by atoms with Crippen LogP contribution in [0.25, 0.3) is 10.1 Å². The third-order valence-electron chi connectivity index (χ3n) is 5.79. The summed E-state index contributed by atoms with van der Waals surface area (Å²) in [7, 11) is -2.66. The second-order valence-electron chi connectivity index (χ2n) is 8.33. The monoisotopic (exact) mass is 538 g/mol. The highest BCUT2D eigenvalue weighted by atomic mass is 32.2. The SMILES string of the molecule is Cc1cccc(C(=O)O)c1N(C)S(=O)(=O)c1ccc(OCCCNC(=O)c2cc3ccccc3s2)cc1. The number of ether oxygens (including phenoxy) is 1. The molecule has 4 aromatic rings. The first-order valence-electron chi connectivity index (χ1n) is 11.5. The number of aromatic carboxylic acids is 1. The van der Waals surface area contributed by atoms with Crippen LogP contribution < -0.4 is 14.4 Å².